The smallest absolute Gasteiger partial charge is 0.419 e. The number of aliphatic hydroxyl groups excluding tert-OH is 1. The van der Waals surface area contributed by atoms with Gasteiger partial charge in [-0.1, -0.05) is 43.2 Å². The van der Waals surface area contributed by atoms with Gasteiger partial charge in [-0.05, 0) is 55.5 Å². The van der Waals surface area contributed by atoms with E-state index in [0.717, 1.165) is 31.7 Å². The van der Waals surface area contributed by atoms with Crippen molar-refractivity contribution in [2.45, 2.75) is 50.7 Å². The number of rotatable bonds is 11. The molecule has 3 N–H and O–H groups in total. The Morgan fingerprint density at radius 3 is 2.45 bits per heavy atom. The number of alkyl halides is 3. The first-order chi connectivity index (χ1) is 15.7. The van der Waals surface area contributed by atoms with Gasteiger partial charge in [0.25, 0.3) is 0 Å². The molecule has 0 saturated heterocycles. The van der Waals surface area contributed by atoms with Gasteiger partial charge in [-0.2, -0.15) is 13.2 Å². The predicted octanol–water partition coefficient (Wildman–Crippen LogP) is 6.18. The van der Waals surface area contributed by atoms with E-state index < -0.39 is 17.3 Å². The number of halogens is 3. The average Bonchev–Trinajstić information content (AvgIpc) is 3.30. The first-order valence-electron chi connectivity index (χ1n) is 10.9. The Hall–Kier alpha value is -2.42. The quantitative estimate of drug-likeness (QED) is 0.323. The lowest BCUT2D eigenvalue weighted by atomic mass is 10.1. The maximum absolute atomic E-state index is 13.7. The minimum atomic E-state index is -4.54. The van der Waals surface area contributed by atoms with Crippen molar-refractivity contribution in [2.24, 2.45) is 5.73 Å². The first kappa shape index (κ1) is 25.2. The number of benzene rings is 2. The Kier molecular flexibility index (Phi) is 8.51. The van der Waals surface area contributed by atoms with E-state index in [2.05, 4.69) is 17.1 Å². The maximum atomic E-state index is 13.7. The van der Waals surface area contributed by atoms with E-state index in [1.165, 1.54) is 29.2 Å². The molecule has 1 unspecified atom stereocenters. The second-order valence-electron chi connectivity index (χ2n) is 8.31. The summed E-state index contributed by atoms with van der Waals surface area (Å²) in [6, 6.07) is 14.3. The molecule has 1 aromatic heterocycles. The van der Waals surface area contributed by atoms with Crippen molar-refractivity contribution in [3.05, 3.63) is 70.9 Å². The van der Waals surface area contributed by atoms with Crippen LogP contribution in [0.2, 0.25) is 0 Å². The summed E-state index contributed by atoms with van der Waals surface area (Å²) in [5, 5.41) is 9.85. The molecule has 0 amide bonds. The number of nitrogens with two attached hydrogens (primary N) is 1. The van der Waals surface area contributed by atoms with E-state index in [1.54, 1.807) is 13.0 Å². The first-order valence-corrected chi connectivity index (χ1v) is 11.8. The monoisotopic (exact) mass is 478 g/mol. The lowest BCUT2D eigenvalue weighted by molar-refractivity contribution is -0.138. The summed E-state index contributed by atoms with van der Waals surface area (Å²) >= 11 is 1.17. The van der Waals surface area contributed by atoms with Gasteiger partial charge >= 0.3 is 6.18 Å². The van der Waals surface area contributed by atoms with Crippen molar-refractivity contribution in [1.82, 2.24) is 4.98 Å². The molecular formula is C25H29F3N2O2S. The number of aliphatic hydroxyl groups is 1. The molecule has 0 spiro atoms. The summed E-state index contributed by atoms with van der Waals surface area (Å²) in [6.07, 6.45) is 1.59. The zero-order chi connectivity index (χ0) is 23.9. The standard InChI is InChI=1S/C25H29F3N2O2S/c1-24(29,17-31)23-30-16-22(33-23)19-12-13-21(20(15-19)25(26,27)28)32-14-8-3-2-5-9-18-10-6-4-7-11-18/h4,6-7,10-13,15-16,31H,2-3,5,8-9,14,17,29H2,1H3. The molecule has 0 saturated carbocycles. The van der Waals surface area contributed by atoms with E-state index in [1.807, 2.05) is 18.2 Å². The third-order valence-corrected chi connectivity index (χ3v) is 6.68. The zero-order valence-electron chi connectivity index (χ0n) is 18.6. The largest absolute Gasteiger partial charge is 0.493 e. The molecule has 3 rings (SSSR count). The molecule has 3 aromatic rings. The molecule has 0 radical (unpaired) electrons. The summed E-state index contributed by atoms with van der Waals surface area (Å²) in [5.74, 6) is -0.167. The van der Waals surface area contributed by atoms with E-state index in [4.69, 9.17) is 10.5 Å². The van der Waals surface area contributed by atoms with Crippen LogP contribution in [0.15, 0.2) is 54.7 Å². The second-order valence-corrected chi connectivity index (χ2v) is 9.34. The molecule has 0 aliphatic heterocycles. The fourth-order valence-corrected chi connectivity index (χ4v) is 4.34. The minimum Gasteiger partial charge on any atom is -0.493 e. The molecule has 178 valence electrons. The molecule has 0 aliphatic carbocycles. The lowest BCUT2D eigenvalue weighted by Crippen LogP contribution is -2.36. The van der Waals surface area contributed by atoms with Crippen molar-refractivity contribution < 1.29 is 23.0 Å². The Morgan fingerprint density at radius 2 is 1.76 bits per heavy atom. The van der Waals surface area contributed by atoms with Gasteiger partial charge in [-0.25, -0.2) is 4.98 Å². The molecule has 1 atom stereocenters. The van der Waals surface area contributed by atoms with Gasteiger partial charge in [0.05, 0.1) is 29.2 Å². The second kappa shape index (κ2) is 11.1. The number of thiazole rings is 1. The van der Waals surface area contributed by atoms with E-state index in [-0.39, 0.29) is 19.0 Å². The van der Waals surface area contributed by atoms with Gasteiger partial charge in [0.15, 0.2) is 0 Å². The van der Waals surface area contributed by atoms with Crippen molar-refractivity contribution in [3.8, 4) is 16.2 Å². The summed E-state index contributed by atoms with van der Waals surface area (Å²) in [6.45, 7) is 1.54. The normalized spacial score (nSPS) is 13.6. The van der Waals surface area contributed by atoms with Crippen LogP contribution in [0, 0.1) is 0 Å². The van der Waals surface area contributed by atoms with E-state index in [0.29, 0.717) is 21.9 Å². The van der Waals surface area contributed by atoms with Crippen LogP contribution in [-0.2, 0) is 18.1 Å². The van der Waals surface area contributed by atoms with Crippen LogP contribution < -0.4 is 10.5 Å². The van der Waals surface area contributed by atoms with Crippen LogP contribution in [-0.4, -0.2) is 23.3 Å². The van der Waals surface area contributed by atoms with Gasteiger partial charge in [0, 0.05) is 6.20 Å². The third-order valence-electron chi connectivity index (χ3n) is 5.35. The Labute approximate surface area is 196 Å². The minimum absolute atomic E-state index is 0.167. The Morgan fingerprint density at radius 1 is 1.03 bits per heavy atom. The van der Waals surface area contributed by atoms with Gasteiger partial charge in [0.1, 0.15) is 10.8 Å². The van der Waals surface area contributed by atoms with Crippen molar-refractivity contribution in [2.75, 3.05) is 13.2 Å². The topological polar surface area (TPSA) is 68.4 Å². The van der Waals surface area contributed by atoms with Gasteiger partial charge in [-0.3, -0.25) is 0 Å². The Balaban J connectivity index is 1.57. The number of nitrogens with zero attached hydrogens (tertiary/aromatic N) is 1. The van der Waals surface area contributed by atoms with Crippen LogP contribution in [0.4, 0.5) is 13.2 Å². The third kappa shape index (κ3) is 7.03. The van der Waals surface area contributed by atoms with E-state index in [9.17, 15) is 18.3 Å². The highest BCUT2D eigenvalue weighted by molar-refractivity contribution is 7.15. The number of ether oxygens (including phenoxy) is 1. The summed E-state index contributed by atoms with van der Waals surface area (Å²) < 4.78 is 46.6. The van der Waals surface area contributed by atoms with Crippen molar-refractivity contribution in [1.29, 1.82) is 0 Å². The fourth-order valence-electron chi connectivity index (χ4n) is 3.38. The van der Waals surface area contributed by atoms with Crippen LogP contribution in [0.25, 0.3) is 10.4 Å². The van der Waals surface area contributed by atoms with Crippen LogP contribution in [0.5, 0.6) is 5.75 Å². The van der Waals surface area contributed by atoms with Crippen molar-refractivity contribution in [3.63, 3.8) is 0 Å². The number of aryl methyl sites for hydroxylation is 1. The maximum Gasteiger partial charge on any atom is 0.419 e. The number of hydrogen-bond donors (Lipinski definition) is 2. The average molecular weight is 479 g/mol. The van der Waals surface area contributed by atoms with Crippen LogP contribution >= 0.6 is 11.3 Å². The highest BCUT2D eigenvalue weighted by Crippen LogP contribution is 2.40. The number of aromatic nitrogens is 1. The predicted molar refractivity (Wildman–Crippen MR) is 125 cm³/mol. The molecule has 1 heterocycles. The molecule has 8 heteroatoms. The number of hydrogen-bond acceptors (Lipinski definition) is 5. The van der Waals surface area contributed by atoms with Crippen LogP contribution in [0.3, 0.4) is 0 Å². The molecule has 33 heavy (non-hydrogen) atoms. The summed E-state index contributed by atoms with van der Waals surface area (Å²) in [7, 11) is 0. The SMILES string of the molecule is CC(N)(CO)c1ncc(-c2ccc(OCCCCCCc3ccccc3)c(C(F)(F)F)c2)s1. The molecular weight excluding hydrogens is 449 g/mol. The molecule has 0 bridgehead atoms. The number of unbranched alkanes of at least 4 members (excludes halogenated alkanes) is 3. The lowest BCUT2D eigenvalue weighted by Gasteiger charge is -2.18. The highest BCUT2D eigenvalue weighted by atomic mass is 32.1. The Bertz CT molecular complexity index is 1020. The summed E-state index contributed by atoms with van der Waals surface area (Å²) in [4.78, 5) is 4.72. The van der Waals surface area contributed by atoms with Gasteiger partial charge in [-0.15, -0.1) is 11.3 Å². The molecule has 0 fully saturated rings. The molecule has 2 aromatic carbocycles. The van der Waals surface area contributed by atoms with Gasteiger partial charge < -0.3 is 15.6 Å². The van der Waals surface area contributed by atoms with Crippen molar-refractivity contribution >= 4 is 11.3 Å². The molecule has 0 aliphatic rings. The van der Waals surface area contributed by atoms with E-state index >= 15 is 0 Å². The van der Waals surface area contributed by atoms with Crippen LogP contribution in [0.1, 0.15) is 48.7 Å². The molecule has 4 nitrogen and oxygen atoms in total. The van der Waals surface area contributed by atoms with Gasteiger partial charge in [0.2, 0.25) is 0 Å². The summed E-state index contributed by atoms with van der Waals surface area (Å²) in [5.41, 5.74) is 5.81. The zero-order valence-corrected chi connectivity index (χ0v) is 19.4. The fraction of sp³-hybridized carbons (Fsp3) is 0.400. The highest BCUT2D eigenvalue weighted by Gasteiger charge is 2.35.